The summed E-state index contributed by atoms with van der Waals surface area (Å²) < 4.78 is 2.28. The molecule has 21 heavy (non-hydrogen) atoms. The molecule has 0 spiro atoms. The van der Waals surface area contributed by atoms with Gasteiger partial charge >= 0.3 is 0 Å². The molecule has 1 heterocycles. The highest BCUT2D eigenvalue weighted by Crippen LogP contribution is 2.42. The number of nitrogens with zero attached hydrogens (tertiary/aromatic N) is 3. The Balaban J connectivity index is 2.11. The molecule has 3 nitrogen and oxygen atoms in total. The number of alkyl halides is 1. The van der Waals surface area contributed by atoms with E-state index in [9.17, 15) is 0 Å². The van der Waals surface area contributed by atoms with Crippen molar-refractivity contribution in [3.05, 3.63) is 11.6 Å². The molecule has 0 saturated heterocycles. The van der Waals surface area contributed by atoms with Crippen molar-refractivity contribution in [2.24, 2.45) is 17.3 Å². The maximum atomic E-state index is 6.03. The van der Waals surface area contributed by atoms with Crippen molar-refractivity contribution in [2.75, 3.05) is 0 Å². The predicted octanol–water partition coefficient (Wildman–Crippen LogP) is 4.99. The zero-order chi connectivity index (χ0) is 15.6. The first-order valence-electron chi connectivity index (χ1n) is 8.30. The minimum atomic E-state index is 0.428. The van der Waals surface area contributed by atoms with Gasteiger partial charge in [0.15, 0.2) is 0 Å². The highest BCUT2D eigenvalue weighted by molar-refractivity contribution is 6.16. The van der Waals surface area contributed by atoms with Crippen LogP contribution in [0.15, 0.2) is 0 Å². The van der Waals surface area contributed by atoms with Gasteiger partial charge in [0.05, 0.1) is 5.88 Å². The summed E-state index contributed by atoms with van der Waals surface area (Å²) in [7, 11) is 0. The Morgan fingerprint density at radius 3 is 2.24 bits per heavy atom. The third kappa shape index (κ3) is 4.00. The van der Waals surface area contributed by atoms with Crippen LogP contribution >= 0.6 is 11.6 Å². The molecule has 0 radical (unpaired) electrons. The molecule has 0 atom stereocenters. The monoisotopic (exact) mass is 311 g/mol. The van der Waals surface area contributed by atoms with Crippen LogP contribution in [0.3, 0.4) is 0 Å². The van der Waals surface area contributed by atoms with Gasteiger partial charge in [0.1, 0.15) is 11.6 Å². The minimum Gasteiger partial charge on any atom is -0.313 e. The summed E-state index contributed by atoms with van der Waals surface area (Å²) in [6.45, 7) is 12.5. The lowest BCUT2D eigenvalue weighted by Crippen LogP contribution is -2.26. The average Bonchev–Trinajstić information content (AvgIpc) is 2.80. The molecule has 0 bridgehead atoms. The number of rotatable bonds is 4. The second kappa shape index (κ2) is 6.68. The van der Waals surface area contributed by atoms with E-state index in [-0.39, 0.29) is 0 Å². The summed E-state index contributed by atoms with van der Waals surface area (Å²) in [4.78, 5) is 0. The topological polar surface area (TPSA) is 30.7 Å². The molecular weight excluding hydrogens is 282 g/mol. The Kier molecular flexibility index (Phi) is 5.34. The molecular formula is C17H30ClN3. The molecule has 4 heteroatoms. The van der Waals surface area contributed by atoms with Crippen LogP contribution < -0.4 is 0 Å². The second-order valence-corrected chi connectivity index (χ2v) is 8.29. The van der Waals surface area contributed by atoms with Crippen LogP contribution in [0.25, 0.3) is 0 Å². The van der Waals surface area contributed by atoms with Gasteiger partial charge in [0.25, 0.3) is 0 Å². The highest BCUT2D eigenvalue weighted by atomic mass is 35.5. The zero-order valence-electron chi connectivity index (χ0n) is 14.2. The van der Waals surface area contributed by atoms with Crippen molar-refractivity contribution in [1.29, 1.82) is 0 Å². The summed E-state index contributed by atoms with van der Waals surface area (Å²) in [5, 5.41) is 8.79. The minimum absolute atomic E-state index is 0.428. The van der Waals surface area contributed by atoms with Crippen molar-refractivity contribution < 1.29 is 0 Å². The first kappa shape index (κ1) is 16.8. The van der Waals surface area contributed by atoms with Gasteiger partial charge in [-0.2, -0.15) is 0 Å². The molecule has 1 aliphatic rings. The standard InChI is InChI=1S/C17H30ClN3/c1-12(2)11-21-15(10-18)19-20-16(21)13-6-8-14(9-7-13)17(3,4)5/h12-14H,6-11H2,1-5H3. The normalized spacial score (nSPS) is 23.8. The SMILES string of the molecule is CC(C)Cn1c(CCl)nnc1C1CCC(C(C)(C)C)CC1. The van der Waals surface area contributed by atoms with Crippen LogP contribution in [0.1, 0.15) is 77.9 Å². The first-order valence-corrected chi connectivity index (χ1v) is 8.84. The van der Waals surface area contributed by atoms with Crippen molar-refractivity contribution in [2.45, 2.75) is 78.6 Å². The fraction of sp³-hybridized carbons (Fsp3) is 0.882. The maximum absolute atomic E-state index is 6.03. The van der Waals surface area contributed by atoms with Gasteiger partial charge in [0, 0.05) is 12.5 Å². The van der Waals surface area contributed by atoms with E-state index in [4.69, 9.17) is 11.6 Å². The smallest absolute Gasteiger partial charge is 0.147 e. The number of hydrogen-bond donors (Lipinski definition) is 0. The Morgan fingerprint density at radius 2 is 1.76 bits per heavy atom. The van der Waals surface area contributed by atoms with Gasteiger partial charge < -0.3 is 4.57 Å². The van der Waals surface area contributed by atoms with Gasteiger partial charge in [-0.15, -0.1) is 21.8 Å². The Labute approximate surface area is 134 Å². The van der Waals surface area contributed by atoms with E-state index < -0.39 is 0 Å². The molecule has 1 aromatic rings. The first-order chi connectivity index (χ1) is 9.82. The van der Waals surface area contributed by atoms with Crippen LogP contribution in [0.5, 0.6) is 0 Å². The largest absolute Gasteiger partial charge is 0.313 e. The molecule has 0 unspecified atom stereocenters. The van der Waals surface area contributed by atoms with Crippen molar-refractivity contribution in [3.8, 4) is 0 Å². The van der Waals surface area contributed by atoms with E-state index in [1.54, 1.807) is 0 Å². The van der Waals surface area contributed by atoms with Gasteiger partial charge in [-0.1, -0.05) is 34.6 Å². The predicted molar refractivity (Wildman–Crippen MR) is 88.6 cm³/mol. The summed E-state index contributed by atoms with van der Waals surface area (Å²) in [6, 6.07) is 0. The number of aromatic nitrogens is 3. The molecule has 0 N–H and O–H groups in total. The summed E-state index contributed by atoms with van der Waals surface area (Å²) >= 11 is 6.03. The molecule has 0 amide bonds. The van der Waals surface area contributed by atoms with Crippen molar-refractivity contribution in [1.82, 2.24) is 14.8 Å². The van der Waals surface area contributed by atoms with Crippen LogP contribution in [0, 0.1) is 17.3 Å². The third-order valence-corrected chi connectivity index (χ3v) is 5.08. The van der Waals surface area contributed by atoms with Crippen molar-refractivity contribution >= 4 is 11.6 Å². The molecule has 2 rings (SSSR count). The van der Waals surface area contributed by atoms with Crippen molar-refractivity contribution in [3.63, 3.8) is 0 Å². The van der Waals surface area contributed by atoms with E-state index in [0.717, 1.165) is 18.3 Å². The molecule has 1 saturated carbocycles. The lowest BCUT2D eigenvalue weighted by Gasteiger charge is -2.36. The zero-order valence-corrected chi connectivity index (χ0v) is 15.0. The van der Waals surface area contributed by atoms with Crippen LogP contribution in [0.4, 0.5) is 0 Å². The molecule has 0 aliphatic heterocycles. The summed E-state index contributed by atoms with van der Waals surface area (Å²) in [6.07, 6.45) is 5.08. The summed E-state index contributed by atoms with van der Waals surface area (Å²) in [5.41, 5.74) is 0.428. The van der Waals surface area contributed by atoms with Gasteiger partial charge in [0.2, 0.25) is 0 Å². The lowest BCUT2D eigenvalue weighted by atomic mass is 9.69. The van der Waals surface area contributed by atoms with Gasteiger partial charge in [-0.05, 0) is 42.9 Å². The third-order valence-electron chi connectivity index (χ3n) is 4.84. The maximum Gasteiger partial charge on any atom is 0.147 e. The van der Waals surface area contributed by atoms with E-state index >= 15 is 0 Å². The highest BCUT2D eigenvalue weighted by Gasteiger charge is 2.32. The van der Waals surface area contributed by atoms with E-state index in [0.29, 0.717) is 23.1 Å². The van der Waals surface area contributed by atoms with E-state index in [1.807, 2.05) is 0 Å². The fourth-order valence-corrected chi connectivity index (χ4v) is 3.73. The Bertz CT molecular complexity index is 451. The fourth-order valence-electron chi connectivity index (χ4n) is 3.53. The molecule has 1 aliphatic carbocycles. The van der Waals surface area contributed by atoms with E-state index in [1.165, 1.54) is 31.5 Å². The molecule has 0 aromatic carbocycles. The van der Waals surface area contributed by atoms with Gasteiger partial charge in [-0.3, -0.25) is 0 Å². The molecule has 1 fully saturated rings. The number of halogens is 1. The van der Waals surface area contributed by atoms with Crippen LogP contribution in [0.2, 0.25) is 0 Å². The van der Waals surface area contributed by atoms with Crippen LogP contribution in [-0.4, -0.2) is 14.8 Å². The Hall–Kier alpha value is -0.570. The van der Waals surface area contributed by atoms with Crippen LogP contribution in [-0.2, 0) is 12.4 Å². The average molecular weight is 312 g/mol. The second-order valence-electron chi connectivity index (χ2n) is 8.03. The van der Waals surface area contributed by atoms with E-state index in [2.05, 4.69) is 49.4 Å². The van der Waals surface area contributed by atoms with Gasteiger partial charge in [-0.25, -0.2) is 0 Å². The Morgan fingerprint density at radius 1 is 1.14 bits per heavy atom. The molecule has 1 aromatic heterocycles. The molecule has 120 valence electrons. The number of hydrogen-bond acceptors (Lipinski definition) is 2. The summed E-state index contributed by atoms with van der Waals surface area (Å²) in [5.74, 6) is 4.55. The quantitative estimate of drug-likeness (QED) is 0.733. The lowest BCUT2D eigenvalue weighted by molar-refractivity contribution is 0.166.